The van der Waals surface area contributed by atoms with Crippen molar-refractivity contribution in [2.75, 3.05) is 20.3 Å². The molecule has 0 aliphatic carbocycles. The summed E-state index contributed by atoms with van der Waals surface area (Å²) >= 11 is 0. The van der Waals surface area contributed by atoms with E-state index in [4.69, 9.17) is 15.7 Å². The number of amidine groups is 1. The summed E-state index contributed by atoms with van der Waals surface area (Å²) < 4.78 is 5.39. The number of oxime groups is 1. The maximum absolute atomic E-state index is 9.55. The Balaban J connectivity index is 2.25. The van der Waals surface area contributed by atoms with Crippen LogP contribution in [0.4, 0.5) is 0 Å². The van der Waals surface area contributed by atoms with Crippen LogP contribution in [0.25, 0.3) is 0 Å². The van der Waals surface area contributed by atoms with E-state index < -0.39 is 0 Å². The van der Waals surface area contributed by atoms with Crippen LogP contribution < -0.4 is 10.5 Å². The van der Waals surface area contributed by atoms with Gasteiger partial charge in [-0.05, 0) is 37.1 Å². The zero-order valence-electron chi connectivity index (χ0n) is 12.5. The van der Waals surface area contributed by atoms with Crippen LogP contribution in [0.5, 0.6) is 5.75 Å². The van der Waals surface area contributed by atoms with Crippen molar-refractivity contribution in [1.29, 1.82) is 0 Å². The fourth-order valence-electron chi connectivity index (χ4n) is 2.92. The third-order valence-electron chi connectivity index (χ3n) is 4.24. The second-order valence-electron chi connectivity index (χ2n) is 5.50. The lowest BCUT2D eigenvalue weighted by molar-refractivity contribution is 0.133. The quantitative estimate of drug-likeness (QED) is 0.326. The number of likely N-dealkylation sites (tertiary alicyclic amines) is 1. The highest BCUT2D eigenvalue weighted by Gasteiger charge is 2.30. The molecule has 0 radical (unpaired) electrons. The van der Waals surface area contributed by atoms with Gasteiger partial charge in [0.25, 0.3) is 0 Å². The zero-order chi connectivity index (χ0) is 15.4. The van der Waals surface area contributed by atoms with Gasteiger partial charge in [0.15, 0.2) is 5.84 Å². The molecule has 0 amide bonds. The molecule has 1 saturated heterocycles. The maximum atomic E-state index is 9.55. The first kappa shape index (κ1) is 15.6. The van der Waals surface area contributed by atoms with Crippen LogP contribution in [-0.4, -0.2) is 47.4 Å². The number of benzene rings is 1. The van der Waals surface area contributed by atoms with Crippen LogP contribution in [0.3, 0.4) is 0 Å². The molecule has 116 valence electrons. The van der Waals surface area contributed by atoms with E-state index in [1.54, 1.807) is 13.2 Å². The molecule has 2 unspecified atom stereocenters. The fourth-order valence-corrected chi connectivity index (χ4v) is 2.92. The number of hydrogen-bond acceptors (Lipinski definition) is 5. The summed E-state index contributed by atoms with van der Waals surface area (Å²) in [4.78, 5) is 2.25. The van der Waals surface area contributed by atoms with Gasteiger partial charge in [0.1, 0.15) is 5.75 Å². The molecule has 1 aliphatic heterocycles. The number of aliphatic hydroxyl groups is 1. The van der Waals surface area contributed by atoms with Crippen molar-refractivity contribution in [2.45, 2.75) is 25.9 Å². The highest BCUT2D eigenvalue weighted by Crippen LogP contribution is 2.28. The first-order valence-electron chi connectivity index (χ1n) is 7.10. The van der Waals surface area contributed by atoms with Gasteiger partial charge < -0.3 is 20.8 Å². The van der Waals surface area contributed by atoms with Crippen molar-refractivity contribution in [3.05, 3.63) is 29.3 Å². The Labute approximate surface area is 124 Å². The molecule has 0 aromatic heterocycles. The average molecular weight is 293 g/mol. The van der Waals surface area contributed by atoms with Gasteiger partial charge in [0.2, 0.25) is 0 Å². The van der Waals surface area contributed by atoms with Crippen molar-refractivity contribution in [3.63, 3.8) is 0 Å². The maximum Gasteiger partial charge on any atom is 0.170 e. The highest BCUT2D eigenvalue weighted by atomic mass is 16.5. The minimum Gasteiger partial charge on any atom is -0.496 e. The van der Waals surface area contributed by atoms with Gasteiger partial charge in [-0.15, -0.1) is 0 Å². The molecule has 2 rings (SSSR count). The number of nitrogens with two attached hydrogens (primary N) is 1. The summed E-state index contributed by atoms with van der Waals surface area (Å²) in [6, 6.07) is 5.61. The van der Waals surface area contributed by atoms with Gasteiger partial charge in [-0.25, -0.2) is 0 Å². The summed E-state index contributed by atoms with van der Waals surface area (Å²) in [5.74, 6) is 1.32. The SMILES string of the molecule is COc1ccc(/C(N)=N/O)cc1CN1CCC(C)C1CO. The van der Waals surface area contributed by atoms with Gasteiger partial charge in [0, 0.05) is 23.7 Å². The van der Waals surface area contributed by atoms with Crippen LogP contribution >= 0.6 is 0 Å². The number of hydrogen-bond donors (Lipinski definition) is 3. The Bertz CT molecular complexity index is 519. The number of ether oxygens (including phenoxy) is 1. The van der Waals surface area contributed by atoms with E-state index in [1.165, 1.54) is 0 Å². The predicted molar refractivity (Wildman–Crippen MR) is 80.6 cm³/mol. The molecular formula is C15H23N3O3. The predicted octanol–water partition coefficient (Wildman–Crippen LogP) is 0.992. The van der Waals surface area contributed by atoms with Crippen molar-refractivity contribution in [2.24, 2.45) is 16.8 Å². The highest BCUT2D eigenvalue weighted by molar-refractivity contribution is 5.97. The first-order chi connectivity index (χ1) is 10.1. The molecule has 1 heterocycles. The topological polar surface area (TPSA) is 91.3 Å². The molecule has 2 atom stereocenters. The van der Waals surface area contributed by atoms with Crippen LogP contribution in [0.2, 0.25) is 0 Å². The van der Waals surface area contributed by atoms with Crippen molar-refractivity contribution < 1.29 is 15.1 Å². The Morgan fingerprint density at radius 1 is 1.52 bits per heavy atom. The van der Waals surface area contributed by atoms with Gasteiger partial charge in [0.05, 0.1) is 13.7 Å². The van der Waals surface area contributed by atoms with Crippen LogP contribution in [0, 0.1) is 5.92 Å². The van der Waals surface area contributed by atoms with Crippen LogP contribution in [0.15, 0.2) is 23.4 Å². The van der Waals surface area contributed by atoms with Crippen molar-refractivity contribution in [3.8, 4) is 5.75 Å². The molecule has 0 spiro atoms. The van der Waals surface area contributed by atoms with Gasteiger partial charge >= 0.3 is 0 Å². The van der Waals surface area contributed by atoms with E-state index in [2.05, 4.69) is 17.0 Å². The van der Waals surface area contributed by atoms with E-state index in [0.29, 0.717) is 18.0 Å². The number of methoxy groups -OCH3 is 1. The smallest absolute Gasteiger partial charge is 0.170 e. The fraction of sp³-hybridized carbons (Fsp3) is 0.533. The van der Waals surface area contributed by atoms with Gasteiger partial charge in [-0.2, -0.15) is 0 Å². The lowest BCUT2D eigenvalue weighted by Crippen LogP contribution is -2.34. The summed E-state index contributed by atoms with van der Waals surface area (Å²) in [5.41, 5.74) is 7.26. The molecule has 6 heteroatoms. The molecule has 1 fully saturated rings. The second-order valence-corrected chi connectivity index (χ2v) is 5.50. The largest absolute Gasteiger partial charge is 0.496 e. The lowest BCUT2D eigenvalue weighted by atomic mass is 10.0. The summed E-state index contributed by atoms with van der Waals surface area (Å²) in [5, 5.41) is 21.4. The van der Waals surface area contributed by atoms with Crippen molar-refractivity contribution >= 4 is 5.84 Å². The average Bonchev–Trinajstić information content (AvgIpc) is 2.86. The van der Waals surface area contributed by atoms with E-state index in [-0.39, 0.29) is 18.5 Å². The minimum absolute atomic E-state index is 0.0763. The minimum atomic E-state index is 0.0763. The third kappa shape index (κ3) is 3.28. The molecule has 0 bridgehead atoms. The molecule has 21 heavy (non-hydrogen) atoms. The monoisotopic (exact) mass is 293 g/mol. The number of nitrogens with zero attached hydrogens (tertiary/aromatic N) is 2. The molecular weight excluding hydrogens is 270 g/mol. The van der Waals surface area contributed by atoms with Crippen molar-refractivity contribution in [1.82, 2.24) is 4.90 Å². The molecule has 6 nitrogen and oxygen atoms in total. The Morgan fingerprint density at radius 3 is 2.90 bits per heavy atom. The zero-order valence-corrected chi connectivity index (χ0v) is 12.5. The van der Waals surface area contributed by atoms with Crippen LogP contribution in [-0.2, 0) is 6.54 Å². The lowest BCUT2D eigenvalue weighted by Gasteiger charge is -2.26. The summed E-state index contributed by atoms with van der Waals surface area (Å²) in [6.07, 6.45) is 1.08. The summed E-state index contributed by atoms with van der Waals surface area (Å²) in [6.45, 7) is 3.93. The summed E-state index contributed by atoms with van der Waals surface area (Å²) in [7, 11) is 1.62. The van der Waals surface area contributed by atoms with Gasteiger partial charge in [-0.1, -0.05) is 12.1 Å². The van der Waals surface area contributed by atoms with E-state index >= 15 is 0 Å². The van der Waals surface area contributed by atoms with Gasteiger partial charge in [-0.3, -0.25) is 4.90 Å². The first-order valence-corrected chi connectivity index (χ1v) is 7.10. The standard InChI is InChI=1S/C15H23N3O3/c1-10-5-6-18(13(10)9-19)8-12-7-11(15(16)17-20)3-4-14(12)21-2/h3-4,7,10,13,19-20H,5-6,8-9H2,1-2H3,(H2,16,17). The Hall–Kier alpha value is -1.79. The molecule has 1 aromatic rings. The molecule has 1 aliphatic rings. The third-order valence-corrected chi connectivity index (χ3v) is 4.24. The van der Waals surface area contributed by atoms with Crippen LogP contribution in [0.1, 0.15) is 24.5 Å². The number of rotatable bonds is 5. The second kappa shape index (κ2) is 6.78. The van der Waals surface area contributed by atoms with E-state index in [9.17, 15) is 5.11 Å². The Kier molecular flexibility index (Phi) is 5.03. The number of aliphatic hydroxyl groups excluding tert-OH is 1. The van der Waals surface area contributed by atoms with E-state index in [0.717, 1.165) is 24.3 Å². The normalized spacial score (nSPS) is 23.5. The molecule has 4 N–H and O–H groups in total. The van der Waals surface area contributed by atoms with E-state index in [1.807, 2.05) is 12.1 Å². The Morgan fingerprint density at radius 2 is 2.29 bits per heavy atom. The molecule has 0 saturated carbocycles. The molecule has 1 aromatic carbocycles.